The lowest BCUT2D eigenvalue weighted by atomic mass is 10.1. The lowest BCUT2D eigenvalue weighted by Gasteiger charge is -2.22. The van der Waals surface area contributed by atoms with E-state index in [1.54, 1.807) is 24.3 Å². The molecule has 0 bridgehead atoms. The fourth-order valence-corrected chi connectivity index (χ4v) is 4.13. The SMILES string of the molecule is Cc1cccc(/C=C2\SC(=S)N(CC(=O)N(C)c3ccccc3C(=O)O)C2=O)c1. The van der Waals surface area contributed by atoms with Crippen molar-refractivity contribution in [3.8, 4) is 0 Å². The van der Waals surface area contributed by atoms with E-state index < -0.39 is 11.9 Å². The maximum atomic E-state index is 12.8. The van der Waals surface area contributed by atoms with Crippen molar-refractivity contribution in [3.63, 3.8) is 0 Å². The Hall–Kier alpha value is -2.97. The molecular weight excluding hydrogens is 408 g/mol. The van der Waals surface area contributed by atoms with E-state index in [-0.39, 0.29) is 23.7 Å². The molecule has 0 unspecified atom stereocenters. The van der Waals surface area contributed by atoms with Gasteiger partial charge in [-0.1, -0.05) is 65.9 Å². The van der Waals surface area contributed by atoms with Crippen LogP contribution < -0.4 is 4.90 Å². The molecule has 148 valence electrons. The first-order valence-corrected chi connectivity index (χ1v) is 9.91. The molecule has 1 aliphatic rings. The molecule has 0 spiro atoms. The standard InChI is InChI=1S/C21H18N2O4S2/c1-13-6-5-7-14(10-13)11-17-19(25)23(21(28)29-17)12-18(24)22(2)16-9-4-3-8-15(16)20(26)27/h3-11H,12H2,1-2H3,(H,26,27)/b17-11-. The van der Waals surface area contributed by atoms with Crippen LogP contribution in [0.5, 0.6) is 0 Å². The molecule has 1 fully saturated rings. The number of nitrogens with zero attached hydrogens (tertiary/aromatic N) is 2. The summed E-state index contributed by atoms with van der Waals surface area (Å²) in [5.41, 5.74) is 2.21. The number of thioether (sulfide) groups is 1. The summed E-state index contributed by atoms with van der Waals surface area (Å²) in [4.78, 5) is 39.8. The average molecular weight is 427 g/mol. The molecule has 1 N–H and O–H groups in total. The summed E-state index contributed by atoms with van der Waals surface area (Å²) in [6.45, 7) is 1.70. The third-order valence-electron chi connectivity index (χ3n) is 4.38. The zero-order chi connectivity index (χ0) is 21.1. The van der Waals surface area contributed by atoms with Crippen molar-refractivity contribution >= 4 is 57.8 Å². The number of thiocarbonyl (C=S) groups is 1. The average Bonchev–Trinajstić information content (AvgIpc) is 2.94. The van der Waals surface area contributed by atoms with Gasteiger partial charge in [0.05, 0.1) is 16.2 Å². The highest BCUT2D eigenvalue weighted by Crippen LogP contribution is 2.32. The number of aromatic carboxylic acids is 1. The zero-order valence-electron chi connectivity index (χ0n) is 15.8. The number of benzene rings is 2. The van der Waals surface area contributed by atoms with Crippen molar-refractivity contribution in [2.75, 3.05) is 18.5 Å². The van der Waals surface area contributed by atoms with Gasteiger partial charge in [-0.15, -0.1) is 0 Å². The second-order valence-electron chi connectivity index (χ2n) is 6.46. The number of para-hydroxylation sites is 1. The highest BCUT2D eigenvalue weighted by Gasteiger charge is 2.34. The number of carboxylic acid groups (broad SMARTS) is 1. The molecule has 0 aromatic heterocycles. The van der Waals surface area contributed by atoms with Gasteiger partial charge in [0.25, 0.3) is 5.91 Å². The van der Waals surface area contributed by atoms with Gasteiger partial charge in [0.15, 0.2) is 0 Å². The quantitative estimate of drug-likeness (QED) is 0.582. The van der Waals surface area contributed by atoms with E-state index in [0.29, 0.717) is 9.23 Å². The number of hydrogen-bond donors (Lipinski definition) is 1. The van der Waals surface area contributed by atoms with Crippen LogP contribution in [0, 0.1) is 6.92 Å². The Kier molecular flexibility index (Phi) is 6.14. The normalized spacial score (nSPS) is 15.1. The van der Waals surface area contributed by atoms with Crippen LogP contribution >= 0.6 is 24.0 Å². The summed E-state index contributed by atoms with van der Waals surface area (Å²) >= 11 is 6.43. The predicted octanol–water partition coefficient (Wildman–Crippen LogP) is 3.56. The van der Waals surface area contributed by atoms with Crippen LogP contribution in [0.4, 0.5) is 5.69 Å². The number of anilines is 1. The summed E-state index contributed by atoms with van der Waals surface area (Å²) in [7, 11) is 1.48. The highest BCUT2D eigenvalue weighted by molar-refractivity contribution is 8.26. The van der Waals surface area contributed by atoms with E-state index in [1.807, 2.05) is 31.2 Å². The zero-order valence-corrected chi connectivity index (χ0v) is 17.4. The second kappa shape index (κ2) is 8.59. The number of rotatable bonds is 5. The van der Waals surface area contributed by atoms with Crippen LogP contribution in [-0.2, 0) is 9.59 Å². The van der Waals surface area contributed by atoms with Gasteiger partial charge < -0.3 is 10.0 Å². The summed E-state index contributed by atoms with van der Waals surface area (Å²) in [5.74, 6) is -1.91. The first-order chi connectivity index (χ1) is 13.8. The molecule has 1 aliphatic heterocycles. The Labute approximate surface area is 177 Å². The molecule has 0 aliphatic carbocycles. The van der Waals surface area contributed by atoms with Crippen LogP contribution in [0.25, 0.3) is 6.08 Å². The molecule has 0 radical (unpaired) electrons. The molecule has 0 saturated carbocycles. The molecule has 29 heavy (non-hydrogen) atoms. The minimum atomic E-state index is -1.13. The monoisotopic (exact) mass is 426 g/mol. The molecular formula is C21H18N2O4S2. The molecule has 1 heterocycles. The first-order valence-electron chi connectivity index (χ1n) is 8.69. The molecule has 8 heteroatoms. The summed E-state index contributed by atoms with van der Waals surface area (Å²) < 4.78 is 0.294. The fraction of sp³-hybridized carbons (Fsp3) is 0.143. The van der Waals surface area contributed by atoms with Crippen molar-refractivity contribution in [3.05, 3.63) is 70.1 Å². The maximum absolute atomic E-state index is 12.8. The van der Waals surface area contributed by atoms with Crippen molar-refractivity contribution < 1.29 is 19.5 Å². The molecule has 2 aromatic rings. The molecule has 3 rings (SSSR count). The third kappa shape index (κ3) is 4.55. The summed E-state index contributed by atoms with van der Waals surface area (Å²) in [6, 6.07) is 13.9. The fourth-order valence-electron chi connectivity index (χ4n) is 2.87. The highest BCUT2D eigenvalue weighted by atomic mass is 32.2. The smallest absolute Gasteiger partial charge is 0.337 e. The Morgan fingerprint density at radius 1 is 1.21 bits per heavy atom. The van der Waals surface area contributed by atoms with Gasteiger partial charge in [-0.05, 0) is 30.7 Å². The number of carbonyl (C=O) groups is 3. The Balaban J connectivity index is 1.78. The van der Waals surface area contributed by atoms with Gasteiger partial charge in [-0.25, -0.2) is 4.79 Å². The minimum Gasteiger partial charge on any atom is -0.478 e. The topological polar surface area (TPSA) is 77.9 Å². The van der Waals surface area contributed by atoms with Crippen LogP contribution in [-0.4, -0.2) is 45.7 Å². The van der Waals surface area contributed by atoms with Gasteiger partial charge in [0.2, 0.25) is 5.91 Å². The van der Waals surface area contributed by atoms with E-state index in [1.165, 1.54) is 22.9 Å². The summed E-state index contributed by atoms with van der Waals surface area (Å²) in [6.07, 6.45) is 1.75. The van der Waals surface area contributed by atoms with Crippen LogP contribution in [0.3, 0.4) is 0 Å². The van der Waals surface area contributed by atoms with Gasteiger partial charge in [-0.3, -0.25) is 14.5 Å². The number of carboxylic acids is 1. The van der Waals surface area contributed by atoms with E-state index >= 15 is 0 Å². The van der Waals surface area contributed by atoms with Crippen LogP contribution in [0.15, 0.2) is 53.4 Å². The first kappa shape index (κ1) is 20.8. The molecule has 2 amide bonds. The Morgan fingerprint density at radius 3 is 2.62 bits per heavy atom. The van der Waals surface area contributed by atoms with E-state index in [0.717, 1.165) is 22.9 Å². The van der Waals surface area contributed by atoms with Gasteiger partial charge in [0.1, 0.15) is 10.9 Å². The van der Waals surface area contributed by atoms with Crippen molar-refractivity contribution in [1.29, 1.82) is 0 Å². The Bertz CT molecular complexity index is 1050. The second-order valence-corrected chi connectivity index (χ2v) is 8.13. The number of hydrogen-bond acceptors (Lipinski definition) is 5. The number of carbonyl (C=O) groups excluding carboxylic acids is 2. The van der Waals surface area contributed by atoms with E-state index in [9.17, 15) is 19.5 Å². The van der Waals surface area contributed by atoms with Crippen molar-refractivity contribution in [2.45, 2.75) is 6.92 Å². The predicted molar refractivity (Wildman–Crippen MR) is 118 cm³/mol. The molecule has 6 nitrogen and oxygen atoms in total. The van der Waals surface area contributed by atoms with Gasteiger partial charge >= 0.3 is 5.97 Å². The maximum Gasteiger partial charge on any atom is 0.337 e. The summed E-state index contributed by atoms with van der Waals surface area (Å²) in [5, 5.41) is 9.32. The largest absolute Gasteiger partial charge is 0.478 e. The van der Waals surface area contributed by atoms with Gasteiger partial charge in [-0.2, -0.15) is 0 Å². The van der Waals surface area contributed by atoms with E-state index in [4.69, 9.17) is 12.2 Å². The number of amides is 2. The van der Waals surface area contributed by atoms with Gasteiger partial charge in [0, 0.05) is 7.05 Å². The van der Waals surface area contributed by atoms with E-state index in [2.05, 4.69) is 0 Å². The Morgan fingerprint density at radius 2 is 1.93 bits per heavy atom. The molecule has 2 aromatic carbocycles. The minimum absolute atomic E-state index is 0.00748. The lowest BCUT2D eigenvalue weighted by molar-refractivity contribution is -0.127. The molecule has 1 saturated heterocycles. The van der Waals surface area contributed by atoms with Crippen LogP contribution in [0.2, 0.25) is 0 Å². The molecule has 0 atom stereocenters. The van der Waals surface area contributed by atoms with Crippen LogP contribution in [0.1, 0.15) is 21.5 Å². The lowest BCUT2D eigenvalue weighted by Crippen LogP contribution is -2.40. The van der Waals surface area contributed by atoms with Crippen molar-refractivity contribution in [2.24, 2.45) is 0 Å². The van der Waals surface area contributed by atoms with Crippen molar-refractivity contribution in [1.82, 2.24) is 4.90 Å². The third-order valence-corrected chi connectivity index (χ3v) is 5.75. The number of aryl methyl sites for hydroxylation is 1. The number of likely N-dealkylation sites (N-methyl/N-ethyl adjacent to an activating group) is 1.